The molecule has 0 spiro atoms. The number of hydrogen-bond acceptors (Lipinski definition) is 3. The molecule has 28 heavy (non-hydrogen) atoms. The van der Waals surface area contributed by atoms with Gasteiger partial charge in [-0.2, -0.15) is 0 Å². The summed E-state index contributed by atoms with van der Waals surface area (Å²) in [6.45, 7) is 2.33. The van der Waals surface area contributed by atoms with Crippen molar-refractivity contribution in [1.82, 2.24) is 9.55 Å². The van der Waals surface area contributed by atoms with Crippen molar-refractivity contribution in [3.05, 3.63) is 52.5 Å². The first-order valence-electron chi connectivity index (χ1n) is 9.61. The number of carbonyl (C=O) groups excluding carboxylic acids is 1. The van der Waals surface area contributed by atoms with Gasteiger partial charge in [-0.3, -0.25) is 4.79 Å². The average molecular weight is 417 g/mol. The Morgan fingerprint density at radius 3 is 2.79 bits per heavy atom. The summed E-state index contributed by atoms with van der Waals surface area (Å²) in [5.41, 5.74) is 2.52. The summed E-state index contributed by atoms with van der Waals surface area (Å²) in [6.07, 6.45) is 4.22. The number of nitrogens with zero attached hydrogens (tertiary/aromatic N) is 2. The number of fused-ring (bicyclic) bond motifs is 1. The molecular weight excluding hydrogens is 395 g/mol. The Balaban J connectivity index is 1.65. The largest absolute Gasteiger partial charge is 0.461 e. The number of benzene rings is 2. The van der Waals surface area contributed by atoms with Crippen LogP contribution in [0.1, 0.15) is 32.6 Å². The summed E-state index contributed by atoms with van der Waals surface area (Å²) in [5, 5.41) is 0.940. The van der Waals surface area contributed by atoms with E-state index >= 15 is 0 Å². The van der Waals surface area contributed by atoms with Crippen LogP contribution in [0.4, 0.5) is 0 Å². The van der Waals surface area contributed by atoms with E-state index in [2.05, 4.69) is 6.92 Å². The van der Waals surface area contributed by atoms with Gasteiger partial charge in [0.15, 0.2) is 0 Å². The van der Waals surface area contributed by atoms with Crippen LogP contribution in [-0.4, -0.2) is 21.6 Å². The van der Waals surface area contributed by atoms with Gasteiger partial charge < -0.3 is 9.30 Å². The zero-order valence-corrected chi connectivity index (χ0v) is 17.2. The van der Waals surface area contributed by atoms with E-state index in [0.717, 1.165) is 35.9 Å². The Hall–Kier alpha value is -2.04. The summed E-state index contributed by atoms with van der Waals surface area (Å²) in [4.78, 5) is 17.4. The fraction of sp³-hybridized carbons (Fsp3) is 0.364. The summed E-state index contributed by atoms with van der Waals surface area (Å²) in [6, 6.07) is 13.1. The predicted molar refractivity (Wildman–Crippen MR) is 113 cm³/mol. The minimum atomic E-state index is -0.233. The number of hydrogen-bond donors (Lipinski definition) is 0. The Labute approximate surface area is 174 Å². The molecule has 0 bridgehead atoms. The first-order valence-corrected chi connectivity index (χ1v) is 10.4. The average Bonchev–Trinajstić information content (AvgIpc) is 3.02. The molecule has 2 unspecified atom stereocenters. The molecule has 146 valence electrons. The number of esters is 1. The molecule has 1 fully saturated rings. The summed E-state index contributed by atoms with van der Waals surface area (Å²) < 4.78 is 7.68. The Bertz CT molecular complexity index is 1010. The van der Waals surface area contributed by atoms with Crippen molar-refractivity contribution in [3.8, 4) is 11.4 Å². The first kappa shape index (κ1) is 19.3. The van der Waals surface area contributed by atoms with Gasteiger partial charge in [0.2, 0.25) is 0 Å². The van der Waals surface area contributed by atoms with Gasteiger partial charge in [-0.05, 0) is 55.5 Å². The molecule has 2 aromatic carbocycles. The van der Waals surface area contributed by atoms with Crippen LogP contribution in [0.3, 0.4) is 0 Å². The van der Waals surface area contributed by atoms with Gasteiger partial charge in [-0.15, -0.1) is 0 Å². The van der Waals surface area contributed by atoms with Gasteiger partial charge in [0.25, 0.3) is 0 Å². The molecule has 0 N–H and O–H groups in total. The van der Waals surface area contributed by atoms with E-state index in [1.807, 2.05) is 34.9 Å². The predicted octanol–water partition coefficient (Wildman–Crippen LogP) is 6.13. The zero-order valence-electron chi connectivity index (χ0n) is 15.7. The molecule has 1 aromatic heterocycles. The third-order valence-corrected chi connectivity index (χ3v) is 6.04. The topological polar surface area (TPSA) is 44.1 Å². The number of imidazole rings is 1. The van der Waals surface area contributed by atoms with Gasteiger partial charge in [0.1, 0.15) is 18.5 Å². The Kier molecular flexibility index (Phi) is 5.61. The lowest BCUT2D eigenvalue weighted by Gasteiger charge is -2.26. The number of ether oxygens (including phenoxy) is 1. The van der Waals surface area contributed by atoms with Crippen molar-refractivity contribution in [2.45, 2.75) is 45.3 Å². The number of halogens is 2. The molecule has 6 heteroatoms. The second kappa shape index (κ2) is 8.14. The maximum Gasteiger partial charge on any atom is 0.326 e. The molecule has 0 radical (unpaired) electrons. The number of carbonyl (C=O) groups is 1. The quantitative estimate of drug-likeness (QED) is 0.480. The van der Waals surface area contributed by atoms with E-state index in [9.17, 15) is 4.79 Å². The molecule has 0 aliphatic heterocycles. The summed E-state index contributed by atoms with van der Waals surface area (Å²) >= 11 is 12.3. The van der Waals surface area contributed by atoms with E-state index in [1.165, 1.54) is 6.42 Å². The van der Waals surface area contributed by atoms with Gasteiger partial charge in [0, 0.05) is 5.56 Å². The van der Waals surface area contributed by atoms with Crippen molar-refractivity contribution in [1.29, 1.82) is 0 Å². The lowest BCUT2D eigenvalue weighted by Crippen LogP contribution is -2.26. The summed E-state index contributed by atoms with van der Waals surface area (Å²) in [7, 11) is 0. The highest BCUT2D eigenvalue weighted by Crippen LogP contribution is 2.31. The molecule has 1 aliphatic carbocycles. The molecule has 0 saturated heterocycles. The molecular formula is C22H22Cl2N2O2. The Morgan fingerprint density at radius 1 is 1.18 bits per heavy atom. The van der Waals surface area contributed by atoms with E-state index in [-0.39, 0.29) is 18.6 Å². The van der Waals surface area contributed by atoms with Gasteiger partial charge >= 0.3 is 5.97 Å². The highest BCUT2D eigenvalue weighted by molar-refractivity contribution is 6.42. The van der Waals surface area contributed by atoms with Crippen LogP contribution >= 0.6 is 23.2 Å². The molecule has 2 atom stereocenters. The lowest BCUT2D eigenvalue weighted by molar-refractivity contribution is -0.151. The van der Waals surface area contributed by atoms with Crippen LogP contribution in [0.2, 0.25) is 10.0 Å². The van der Waals surface area contributed by atoms with E-state index in [0.29, 0.717) is 21.8 Å². The standard InChI is InChI=1S/C22H22Cl2N2O2/c1-14-5-4-6-16(11-14)28-21(27)13-26-20-8-3-2-7-19(20)25-22(26)15-9-10-17(23)18(24)12-15/h2-3,7-10,12,14,16H,4-6,11,13H2,1H3. The maximum atomic E-state index is 12.7. The highest BCUT2D eigenvalue weighted by atomic mass is 35.5. The lowest BCUT2D eigenvalue weighted by atomic mass is 9.89. The van der Waals surface area contributed by atoms with Crippen LogP contribution in [0.15, 0.2) is 42.5 Å². The highest BCUT2D eigenvalue weighted by Gasteiger charge is 2.23. The van der Waals surface area contributed by atoms with E-state index in [1.54, 1.807) is 12.1 Å². The SMILES string of the molecule is CC1CCCC(OC(=O)Cn2c(-c3ccc(Cl)c(Cl)c3)nc3ccccc32)C1. The van der Waals surface area contributed by atoms with Crippen LogP contribution < -0.4 is 0 Å². The van der Waals surface area contributed by atoms with Gasteiger partial charge in [-0.1, -0.05) is 48.7 Å². The van der Waals surface area contributed by atoms with Crippen molar-refractivity contribution < 1.29 is 9.53 Å². The minimum Gasteiger partial charge on any atom is -0.461 e. The number of para-hydroxylation sites is 2. The maximum absolute atomic E-state index is 12.7. The smallest absolute Gasteiger partial charge is 0.326 e. The van der Waals surface area contributed by atoms with Gasteiger partial charge in [0.05, 0.1) is 21.1 Å². The fourth-order valence-electron chi connectivity index (χ4n) is 3.93. The van der Waals surface area contributed by atoms with Crippen molar-refractivity contribution in [3.63, 3.8) is 0 Å². The molecule has 0 amide bonds. The van der Waals surface area contributed by atoms with E-state index in [4.69, 9.17) is 32.9 Å². The minimum absolute atomic E-state index is 0.0134. The third-order valence-electron chi connectivity index (χ3n) is 5.31. The van der Waals surface area contributed by atoms with Crippen molar-refractivity contribution in [2.24, 2.45) is 5.92 Å². The molecule has 3 aromatic rings. The van der Waals surface area contributed by atoms with Crippen LogP contribution in [-0.2, 0) is 16.1 Å². The normalized spacial score (nSPS) is 19.7. The third kappa shape index (κ3) is 4.03. The first-order chi connectivity index (χ1) is 13.5. The second-order valence-electron chi connectivity index (χ2n) is 7.52. The molecule has 4 nitrogen and oxygen atoms in total. The monoisotopic (exact) mass is 416 g/mol. The fourth-order valence-corrected chi connectivity index (χ4v) is 4.23. The van der Waals surface area contributed by atoms with Crippen molar-refractivity contribution >= 4 is 40.2 Å². The summed E-state index contributed by atoms with van der Waals surface area (Å²) in [5.74, 6) is 1.05. The van der Waals surface area contributed by atoms with Crippen LogP contribution in [0.5, 0.6) is 0 Å². The Morgan fingerprint density at radius 2 is 2.00 bits per heavy atom. The van der Waals surface area contributed by atoms with Crippen molar-refractivity contribution in [2.75, 3.05) is 0 Å². The van der Waals surface area contributed by atoms with Gasteiger partial charge in [-0.25, -0.2) is 4.98 Å². The number of aromatic nitrogens is 2. The molecule has 1 heterocycles. The molecule has 4 rings (SSSR count). The van der Waals surface area contributed by atoms with Crippen LogP contribution in [0.25, 0.3) is 22.4 Å². The van der Waals surface area contributed by atoms with E-state index < -0.39 is 0 Å². The molecule has 1 saturated carbocycles. The number of rotatable bonds is 4. The second-order valence-corrected chi connectivity index (χ2v) is 8.34. The zero-order chi connectivity index (χ0) is 19.7. The molecule has 1 aliphatic rings. The van der Waals surface area contributed by atoms with Crippen LogP contribution in [0, 0.1) is 5.92 Å².